The fourth-order valence-corrected chi connectivity index (χ4v) is 2.29. The lowest BCUT2D eigenvalue weighted by Crippen LogP contribution is -2.41. The molecule has 0 aliphatic rings. The number of hydrogen-bond donors (Lipinski definition) is 2. The van der Waals surface area contributed by atoms with Crippen molar-refractivity contribution >= 4 is 21.8 Å². The van der Waals surface area contributed by atoms with Gasteiger partial charge in [0.2, 0.25) is 5.91 Å². The molecular formula is C15H22BrFN2O. The third kappa shape index (κ3) is 6.01. The monoisotopic (exact) mass is 344 g/mol. The van der Waals surface area contributed by atoms with E-state index in [1.165, 1.54) is 6.07 Å². The van der Waals surface area contributed by atoms with Gasteiger partial charge in [-0.25, -0.2) is 4.39 Å². The summed E-state index contributed by atoms with van der Waals surface area (Å²) in [7, 11) is 0. The van der Waals surface area contributed by atoms with E-state index in [9.17, 15) is 9.18 Å². The Bertz CT molecular complexity index is 451. The summed E-state index contributed by atoms with van der Waals surface area (Å²) in [5.41, 5.74) is 6.44. The summed E-state index contributed by atoms with van der Waals surface area (Å²) >= 11 is 3.22. The summed E-state index contributed by atoms with van der Waals surface area (Å²) in [6.07, 6.45) is 1.96. The second kappa shape index (κ2) is 8.37. The normalized spacial score (nSPS) is 12.5. The maximum Gasteiger partial charge on any atom is 0.236 e. The van der Waals surface area contributed by atoms with Gasteiger partial charge in [-0.15, -0.1) is 0 Å². The van der Waals surface area contributed by atoms with Gasteiger partial charge >= 0.3 is 0 Å². The molecule has 0 saturated carbocycles. The fourth-order valence-electron chi connectivity index (χ4n) is 1.96. The van der Waals surface area contributed by atoms with Crippen molar-refractivity contribution in [2.45, 2.75) is 39.2 Å². The highest BCUT2D eigenvalue weighted by molar-refractivity contribution is 9.10. The number of amides is 1. The molecule has 1 aromatic rings. The minimum Gasteiger partial charge on any atom is -0.355 e. The van der Waals surface area contributed by atoms with E-state index in [4.69, 9.17) is 5.73 Å². The van der Waals surface area contributed by atoms with Gasteiger partial charge in [-0.1, -0.05) is 35.8 Å². The SMILES string of the molecule is CC(C)C[C@H](N)C(=O)NCCCc1ccc(Br)cc1F. The highest BCUT2D eigenvalue weighted by Crippen LogP contribution is 2.16. The number of rotatable bonds is 7. The molecule has 1 rings (SSSR count). The van der Waals surface area contributed by atoms with E-state index in [1.807, 2.05) is 19.9 Å². The van der Waals surface area contributed by atoms with Crippen LogP contribution in [0.5, 0.6) is 0 Å². The first-order valence-electron chi connectivity index (χ1n) is 6.87. The number of carbonyl (C=O) groups is 1. The van der Waals surface area contributed by atoms with Crippen molar-refractivity contribution < 1.29 is 9.18 Å². The minimum atomic E-state index is -0.459. The Balaban J connectivity index is 2.29. The maximum absolute atomic E-state index is 13.6. The van der Waals surface area contributed by atoms with Gasteiger partial charge in [0, 0.05) is 11.0 Å². The molecule has 0 aliphatic heterocycles. The van der Waals surface area contributed by atoms with Crippen LogP contribution in [0.25, 0.3) is 0 Å². The lowest BCUT2D eigenvalue weighted by Gasteiger charge is -2.14. The third-order valence-corrected chi connectivity index (χ3v) is 3.49. The highest BCUT2D eigenvalue weighted by atomic mass is 79.9. The predicted molar refractivity (Wildman–Crippen MR) is 82.9 cm³/mol. The summed E-state index contributed by atoms with van der Waals surface area (Å²) in [6, 6.07) is 4.56. The lowest BCUT2D eigenvalue weighted by molar-refractivity contribution is -0.122. The van der Waals surface area contributed by atoms with Crippen molar-refractivity contribution in [3.63, 3.8) is 0 Å². The van der Waals surface area contributed by atoms with Gasteiger partial charge in [0.1, 0.15) is 5.82 Å². The molecule has 20 heavy (non-hydrogen) atoms. The van der Waals surface area contributed by atoms with E-state index in [0.717, 1.165) is 4.47 Å². The molecule has 5 heteroatoms. The Morgan fingerprint density at radius 2 is 2.15 bits per heavy atom. The van der Waals surface area contributed by atoms with Crippen molar-refractivity contribution in [1.29, 1.82) is 0 Å². The molecule has 0 radical (unpaired) electrons. The van der Waals surface area contributed by atoms with Crippen LogP contribution in [0.15, 0.2) is 22.7 Å². The molecule has 112 valence electrons. The van der Waals surface area contributed by atoms with Crippen LogP contribution in [0.2, 0.25) is 0 Å². The minimum absolute atomic E-state index is 0.130. The van der Waals surface area contributed by atoms with Crippen molar-refractivity contribution in [3.8, 4) is 0 Å². The third-order valence-electron chi connectivity index (χ3n) is 3.00. The Kier molecular flexibility index (Phi) is 7.16. The average Bonchev–Trinajstić information content (AvgIpc) is 2.35. The first-order valence-corrected chi connectivity index (χ1v) is 7.66. The lowest BCUT2D eigenvalue weighted by atomic mass is 10.0. The van der Waals surface area contributed by atoms with Gasteiger partial charge < -0.3 is 11.1 Å². The first-order chi connectivity index (χ1) is 9.40. The number of nitrogens with two attached hydrogens (primary N) is 1. The second-order valence-corrected chi connectivity index (χ2v) is 6.28. The molecule has 0 spiro atoms. The van der Waals surface area contributed by atoms with Crippen LogP contribution in [0.3, 0.4) is 0 Å². The smallest absolute Gasteiger partial charge is 0.236 e. The van der Waals surface area contributed by atoms with Crippen LogP contribution in [0, 0.1) is 11.7 Å². The van der Waals surface area contributed by atoms with Gasteiger partial charge in [-0.2, -0.15) is 0 Å². The Morgan fingerprint density at radius 3 is 2.75 bits per heavy atom. The van der Waals surface area contributed by atoms with Crippen LogP contribution in [0.1, 0.15) is 32.3 Å². The molecule has 0 aromatic heterocycles. The summed E-state index contributed by atoms with van der Waals surface area (Å²) in [5, 5.41) is 2.79. The largest absolute Gasteiger partial charge is 0.355 e. The number of nitrogens with one attached hydrogen (secondary N) is 1. The van der Waals surface area contributed by atoms with Crippen LogP contribution in [-0.2, 0) is 11.2 Å². The van der Waals surface area contributed by atoms with Crippen LogP contribution in [-0.4, -0.2) is 18.5 Å². The number of carbonyl (C=O) groups excluding carboxylic acids is 1. The Labute approximate surface area is 128 Å². The molecular weight excluding hydrogens is 323 g/mol. The number of benzene rings is 1. The quantitative estimate of drug-likeness (QED) is 0.747. The maximum atomic E-state index is 13.6. The zero-order chi connectivity index (χ0) is 15.1. The van der Waals surface area contributed by atoms with Crippen molar-refractivity contribution in [1.82, 2.24) is 5.32 Å². The molecule has 1 aromatic carbocycles. The van der Waals surface area contributed by atoms with Gasteiger partial charge in [0.25, 0.3) is 0 Å². The first kappa shape index (κ1) is 17.1. The van der Waals surface area contributed by atoms with Crippen LogP contribution >= 0.6 is 15.9 Å². The molecule has 0 aliphatic carbocycles. The van der Waals surface area contributed by atoms with E-state index >= 15 is 0 Å². The highest BCUT2D eigenvalue weighted by Gasteiger charge is 2.14. The van der Waals surface area contributed by atoms with E-state index in [1.54, 1.807) is 6.07 Å². The molecule has 0 heterocycles. The van der Waals surface area contributed by atoms with Crippen molar-refractivity contribution in [2.24, 2.45) is 11.7 Å². The van der Waals surface area contributed by atoms with E-state index < -0.39 is 6.04 Å². The molecule has 1 atom stereocenters. The summed E-state index contributed by atoms with van der Waals surface area (Å²) in [5.74, 6) is 0.0461. The molecule has 0 unspecified atom stereocenters. The van der Waals surface area contributed by atoms with Crippen molar-refractivity contribution in [2.75, 3.05) is 6.54 Å². The fraction of sp³-hybridized carbons (Fsp3) is 0.533. The molecule has 3 N–H and O–H groups in total. The zero-order valence-corrected chi connectivity index (χ0v) is 13.5. The van der Waals surface area contributed by atoms with Gasteiger partial charge in [-0.3, -0.25) is 4.79 Å². The molecule has 0 bridgehead atoms. The van der Waals surface area contributed by atoms with Gasteiger partial charge in [-0.05, 0) is 42.9 Å². The average molecular weight is 345 g/mol. The number of halogens is 2. The molecule has 0 fully saturated rings. The van der Waals surface area contributed by atoms with Gasteiger partial charge in [0.05, 0.1) is 6.04 Å². The molecule has 3 nitrogen and oxygen atoms in total. The summed E-state index contributed by atoms with van der Waals surface area (Å²) in [6.45, 7) is 4.58. The Hall–Kier alpha value is -0.940. The standard InChI is InChI=1S/C15H22BrFN2O/c1-10(2)8-14(18)15(20)19-7-3-4-11-5-6-12(16)9-13(11)17/h5-6,9-10,14H,3-4,7-8,18H2,1-2H3,(H,19,20)/t14-/m0/s1. The molecule has 0 saturated heterocycles. The zero-order valence-electron chi connectivity index (χ0n) is 12.0. The molecule has 1 amide bonds. The Morgan fingerprint density at radius 1 is 1.45 bits per heavy atom. The van der Waals surface area contributed by atoms with E-state index in [2.05, 4.69) is 21.2 Å². The summed E-state index contributed by atoms with van der Waals surface area (Å²) < 4.78 is 14.3. The summed E-state index contributed by atoms with van der Waals surface area (Å²) in [4.78, 5) is 11.7. The predicted octanol–water partition coefficient (Wildman–Crippen LogP) is 3.01. The number of aryl methyl sites for hydroxylation is 1. The van der Waals surface area contributed by atoms with Gasteiger partial charge in [0.15, 0.2) is 0 Å². The topological polar surface area (TPSA) is 55.1 Å². The van der Waals surface area contributed by atoms with Crippen LogP contribution < -0.4 is 11.1 Å². The second-order valence-electron chi connectivity index (χ2n) is 5.37. The number of hydrogen-bond acceptors (Lipinski definition) is 2. The van der Waals surface area contributed by atoms with Crippen LogP contribution in [0.4, 0.5) is 4.39 Å². The van der Waals surface area contributed by atoms with E-state index in [-0.39, 0.29) is 11.7 Å². The van der Waals surface area contributed by atoms with Crippen molar-refractivity contribution in [3.05, 3.63) is 34.1 Å². The van der Waals surface area contributed by atoms with E-state index in [0.29, 0.717) is 37.3 Å².